The lowest BCUT2D eigenvalue weighted by Gasteiger charge is -2.39. The Hall–Kier alpha value is -2.82. The van der Waals surface area contributed by atoms with E-state index >= 15 is 0 Å². The van der Waals surface area contributed by atoms with Gasteiger partial charge < -0.3 is 19.1 Å². The Balaban J connectivity index is 1.43. The minimum absolute atomic E-state index is 0.100. The summed E-state index contributed by atoms with van der Waals surface area (Å²) in [4.78, 5) is 2.50. The van der Waals surface area contributed by atoms with Crippen molar-refractivity contribution in [1.82, 2.24) is 0 Å². The topological polar surface area (TPSA) is 30.9 Å². The molecule has 3 atom stereocenters. The van der Waals surface area contributed by atoms with Crippen LogP contribution in [0.25, 0.3) is 0 Å². The zero-order valence-electron chi connectivity index (χ0n) is 22.0. The quantitative estimate of drug-likeness (QED) is 0.339. The Morgan fingerprint density at radius 3 is 2.11 bits per heavy atom. The second-order valence-electron chi connectivity index (χ2n) is 10.4. The normalized spacial score (nSPS) is 22.5. The van der Waals surface area contributed by atoms with E-state index in [4.69, 9.17) is 14.2 Å². The smallest absolute Gasteiger partial charge is 0.159 e. The monoisotopic (exact) mass is 485 g/mol. The van der Waals surface area contributed by atoms with E-state index in [2.05, 4.69) is 84.6 Å². The lowest BCUT2D eigenvalue weighted by molar-refractivity contribution is -0.141. The molecule has 0 unspecified atom stereocenters. The number of ether oxygens (including phenoxy) is 3. The van der Waals surface area contributed by atoms with Crippen LogP contribution in [0.3, 0.4) is 0 Å². The molecule has 3 aromatic carbocycles. The van der Waals surface area contributed by atoms with Gasteiger partial charge in [-0.1, -0.05) is 55.5 Å². The number of rotatable bonds is 7. The summed E-state index contributed by atoms with van der Waals surface area (Å²) in [6.45, 7) is 4.42. The Kier molecular flexibility index (Phi) is 7.64. The van der Waals surface area contributed by atoms with Crippen molar-refractivity contribution < 1.29 is 14.2 Å². The first-order valence-electron chi connectivity index (χ1n) is 13.3. The molecule has 5 rings (SSSR count). The molecule has 4 nitrogen and oxygen atoms in total. The van der Waals surface area contributed by atoms with E-state index in [1.165, 1.54) is 27.9 Å². The third kappa shape index (κ3) is 4.89. The predicted octanol–water partition coefficient (Wildman–Crippen LogP) is 6.95. The molecule has 1 saturated heterocycles. The summed E-state index contributed by atoms with van der Waals surface area (Å²) in [6.07, 6.45) is 3.20. The Morgan fingerprint density at radius 2 is 1.47 bits per heavy atom. The summed E-state index contributed by atoms with van der Waals surface area (Å²) in [5.41, 5.74) is 6.97. The predicted molar refractivity (Wildman–Crippen MR) is 146 cm³/mol. The summed E-state index contributed by atoms with van der Waals surface area (Å²) in [5, 5.41) is 0. The summed E-state index contributed by atoms with van der Waals surface area (Å²) >= 11 is 0. The standard InChI is InChI=1S/C32H39NO3/c1-22-20-30(23-8-6-5-7-9-23)31(28-15-14-27(34-2)21-29(22)28)24-10-12-26(13-11-24)33-18-16-25(17-19-33)32(35-3)36-4/h5-15,21-22,25,30-32H,16-20H2,1-4H3/t22-,30+,31+/m1/s1. The number of nitrogens with zero attached hydrogens (tertiary/aromatic N) is 1. The van der Waals surface area contributed by atoms with Crippen molar-refractivity contribution >= 4 is 5.69 Å². The highest BCUT2D eigenvalue weighted by molar-refractivity contribution is 5.53. The number of piperidine rings is 1. The molecule has 1 aliphatic heterocycles. The SMILES string of the molecule is COc1ccc2c(c1)[C@H](C)C[C@@H](c1ccccc1)[C@H]2c1ccc(N2CCC(C(OC)OC)CC2)cc1. The van der Waals surface area contributed by atoms with Crippen molar-refractivity contribution in [2.24, 2.45) is 5.92 Å². The first-order valence-corrected chi connectivity index (χ1v) is 13.3. The fourth-order valence-corrected chi connectivity index (χ4v) is 6.49. The van der Waals surface area contributed by atoms with Crippen molar-refractivity contribution in [2.45, 2.75) is 50.2 Å². The third-order valence-corrected chi connectivity index (χ3v) is 8.40. The van der Waals surface area contributed by atoms with Crippen molar-refractivity contribution in [3.05, 3.63) is 95.1 Å². The van der Waals surface area contributed by atoms with Crippen LogP contribution in [0.15, 0.2) is 72.8 Å². The van der Waals surface area contributed by atoms with E-state index in [9.17, 15) is 0 Å². The van der Waals surface area contributed by atoms with Gasteiger partial charge in [-0.05, 0) is 77.6 Å². The molecule has 0 bridgehead atoms. The highest BCUT2D eigenvalue weighted by Crippen LogP contribution is 2.51. The molecular formula is C32H39NO3. The number of fused-ring (bicyclic) bond motifs is 1. The fourth-order valence-electron chi connectivity index (χ4n) is 6.49. The van der Waals surface area contributed by atoms with Gasteiger partial charge in [0.1, 0.15) is 5.75 Å². The molecule has 36 heavy (non-hydrogen) atoms. The lowest BCUT2D eigenvalue weighted by Crippen LogP contribution is -2.39. The molecule has 0 spiro atoms. The van der Waals surface area contributed by atoms with Crippen LogP contribution in [0.4, 0.5) is 5.69 Å². The van der Waals surface area contributed by atoms with Gasteiger partial charge in [-0.2, -0.15) is 0 Å². The first kappa shape index (κ1) is 24.9. The molecule has 2 aliphatic rings. The van der Waals surface area contributed by atoms with Gasteiger partial charge in [0, 0.05) is 44.8 Å². The number of anilines is 1. The van der Waals surface area contributed by atoms with Crippen molar-refractivity contribution in [3.63, 3.8) is 0 Å². The van der Waals surface area contributed by atoms with E-state index in [1.807, 2.05) is 0 Å². The summed E-state index contributed by atoms with van der Waals surface area (Å²) in [5.74, 6) is 2.66. The molecule has 0 radical (unpaired) electrons. The van der Waals surface area contributed by atoms with Crippen LogP contribution < -0.4 is 9.64 Å². The highest BCUT2D eigenvalue weighted by Gasteiger charge is 2.35. The van der Waals surface area contributed by atoms with Gasteiger partial charge in [-0.3, -0.25) is 0 Å². The maximum Gasteiger partial charge on any atom is 0.159 e. The van der Waals surface area contributed by atoms with Crippen LogP contribution in [0.5, 0.6) is 5.75 Å². The zero-order valence-corrected chi connectivity index (χ0v) is 22.0. The summed E-state index contributed by atoms with van der Waals surface area (Å²) in [6, 6.07) is 27.1. The van der Waals surface area contributed by atoms with E-state index in [0.29, 0.717) is 23.7 Å². The maximum atomic E-state index is 5.58. The number of hydrogen-bond acceptors (Lipinski definition) is 4. The van der Waals surface area contributed by atoms with Crippen molar-refractivity contribution in [3.8, 4) is 5.75 Å². The van der Waals surface area contributed by atoms with Gasteiger partial charge in [0.15, 0.2) is 6.29 Å². The van der Waals surface area contributed by atoms with Gasteiger partial charge >= 0.3 is 0 Å². The van der Waals surface area contributed by atoms with E-state index in [-0.39, 0.29) is 6.29 Å². The van der Waals surface area contributed by atoms with Gasteiger partial charge in [0.2, 0.25) is 0 Å². The first-order chi connectivity index (χ1) is 17.6. The van der Waals surface area contributed by atoms with Crippen molar-refractivity contribution in [1.29, 1.82) is 0 Å². The molecule has 190 valence electrons. The molecule has 3 aromatic rings. The molecule has 0 amide bonds. The number of hydrogen-bond donors (Lipinski definition) is 0. The highest BCUT2D eigenvalue weighted by atomic mass is 16.7. The van der Waals surface area contributed by atoms with Crippen LogP contribution in [0.2, 0.25) is 0 Å². The number of benzene rings is 3. The third-order valence-electron chi connectivity index (χ3n) is 8.40. The fraction of sp³-hybridized carbons (Fsp3) is 0.438. The summed E-state index contributed by atoms with van der Waals surface area (Å²) < 4.78 is 16.6. The van der Waals surface area contributed by atoms with Crippen LogP contribution in [-0.2, 0) is 9.47 Å². The van der Waals surface area contributed by atoms with Crippen LogP contribution in [0, 0.1) is 5.92 Å². The van der Waals surface area contributed by atoms with Gasteiger partial charge in [-0.25, -0.2) is 0 Å². The molecule has 1 fully saturated rings. The van der Waals surface area contributed by atoms with E-state index in [0.717, 1.165) is 38.1 Å². The Bertz CT molecular complexity index is 1120. The molecule has 0 aromatic heterocycles. The molecule has 1 aliphatic carbocycles. The van der Waals surface area contributed by atoms with Gasteiger partial charge in [0.05, 0.1) is 7.11 Å². The van der Waals surface area contributed by atoms with Crippen molar-refractivity contribution in [2.75, 3.05) is 39.3 Å². The lowest BCUT2D eigenvalue weighted by atomic mass is 9.66. The average molecular weight is 486 g/mol. The van der Waals surface area contributed by atoms with Crippen LogP contribution in [-0.4, -0.2) is 40.7 Å². The summed E-state index contributed by atoms with van der Waals surface area (Å²) in [7, 11) is 5.23. The minimum Gasteiger partial charge on any atom is -0.497 e. The zero-order chi connectivity index (χ0) is 25.1. The average Bonchev–Trinajstić information content (AvgIpc) is 2.94. The van der Waals surface area contributed by atoms with Gasteiger partial charge in [-0.15, -0.1) is 0 Å². The molecular weight excluding hydrogens is 446 g/mol. The number of methoxy groups -OCH3 is 3. The largest absolute Gasteiger partial charge is 0.497 e. The molecule has 0 saturated carbocycles. The molecule has 0 N–H and O–H groups in total. The second-order valence-corrected chi connectivity index (χ2v) is 10.4. The van der Waals surface area contributed by atoms with E-state index < -0.39 is 0 Å². The maximum absolute atomic E-state index is 5.58. The molecule has 4 heteroatoms. The Morgan fingerprint density at radius 1 is 0.778 bits per heavy atom. The van der Waals surface area contributed by atoms with Gasteiger partial charge in [0.25, 0.3) is 0 Å². The van der Waals surface area contributed by atoms with Crippen LogP contribution >= 0.6 is 0 Å². The second kappa shape index (κ2) is 11.1. The minimum atomic E-state index is -0.100. The Labute approximate surface area is 216 Å². The van der Waals surface area contributed by atoms with Crippen LogP contribution in [0.1, 0.15) is 66.2 Å². The van der Waals surface area contributed by atoms with E-state index in [1.54, 1.807) is 21.3 Å². The molecule has 1 heterocycles.